The van der Waals surface area contributed by atoms with Crippen molar-refractivity contribution in [2.24, 2.45) is 0 Å². The van der Waals surface area contributed by atoms with Crippen molar-refractivity contribution in [1.29, 1.82) is 0 Å². The lowest BCUT2D eigenvalue weighted by Crippen LogP contribution is -2.54. The molecule has 1 N–H and O–H groups in total. The first-order valence-corrected chi connectivity index (χ1v) is 10.1. The highest BCUT2D eigenvalue weighted by Gasteiger charge is 2.43. The molecule has 0 atom stereocenters. The van der Waals surface area contributed by atoms with Gasteiger partial charge in [0.25, 0.3) is 0 Å². The number of sulfonamides is 1. The van der Waals surface area contributed by atoms with Gasteiger partial charge in [0, 0.05) is 0 Å². The van der Waals surface area contributed by atoms with E-state index in [4.69, 9.17) is 9.47 Å². The Labute approximate surface area is 151 Å². The summed E-state index contributed by atoms with van der Waals surface area (Å²) in [7, 11) is -1.08. The highest BCUT2D eigenvalue weighted by atomic mass is 79.9. The van der Waals surface area contributed by atoms with Crippen LogP contribution in [0, 0.1) is 0 Å². The third-order valence-corrected chi connectivity index (χ3v) is 6.45. The van der Waals surface area contributed by atoms with Crippen LogP contribution in [-0.2, 0) is 19.6 Å². The van der Waals surface area contributed by atoms with Crippen LogP contribution in [0.3, 0.4) is 0 Å². The van der Waals surface area contributed by atoms with Crippen LogP contribution in [0.2, 0.25) is 0 Å². The fourth-order valence-electron chi connectivity index (χ4n) is 3.01. The average molecular weight is 420 g/mol. The summed E-state index contributed by atoms with van der Waals surface area (Å²) >= 11 is 3.28. The van der Waals surface area contributed by atoms with Gasteiger partial charge in [0.1, 0.15) is 11.3 Å². The van der Waals surface area contributed by atoms with Gasteiger partial charge in [0.15, 0.2) is 0 Å². The van der Waals surface area contributed by atoms with E-state index in [1.165, 1.54) is 26.4 Å². The minimum atomic E-state index is -3.87. The van der Waals surface area contributed by atoms with E-state index in [2.05, 4.69) is 20.7 Å². The van der Waals surface area contributed by atoms with Crippen LogP contribution in [0.4, 0.5) is 0 Å². The van der Waals surface area contributed by atoms with Gasteiger partial charge in [-0.2, -0.15) is 4.72 Å². The Bertz CT molecular complexity index is 696. The molecule has 1 aliphatic rings. The Morgan fingerprint density at radius 3 is 2.29 bits per heavy atom. The molecule has 1 saturated carbocycles. The molecule has 6 nitrogen and oxygen atoms in total. The molecule has 0 aromatic heterocycles. The number of ether oxygens (including phenoxy) is 2. The Morgan fingerprint density at radius 2 is 1.79 bits per heavy atom. The Kier molecular flexibility index (Phi) is 6.28. The molecule has 0 heterocycles. The predicted molar refractivity (Wildman–Crippen MR) is 93.5 cm³/mol. The lowest BCUT2D eigenvalue weighted by molar-refractivity contribution is -0.148. The van der Waals surface area contributed by atoms with E-state index in [0.717, 1.165) is 25.7 Å². The fourth-order valence-corrected chi connectivity index (χ4v) is 5.14. The normalized spacial score (nSPS) is 17.8. The van der Waals surface area contributed by atoms with Crippen LogP contribution in [0.5, 0.6) is 5.75 Å². The first-order valence-electron chi connectivity index (χ1n) is 7.80. The second kappa shape index (κ2) is 7.84. The smallest absolute Gasteiger partial charge is 0.327 e. The summed E-state index contributed by atoms with van der Waals surface area (Å²) in [5.41, 5.74) is -1.20. The van der Waals surface area contributed by atoms with E-state index in [-0.39, 0.29) is 4.90 Å². The summed E-state index contributed by atoms with van der Waals surface area (Å²) in [4.78, 5) is 12.4. The fraction of sp³-hybridized carbons (Fsp3) is 0.562. The molecule has 1 aromatic rings. The largest absolute Gasteiger partial charge is 0.496 e. The van der Waals surface area contributed by atoms with Crippen molar-refractivity contribution in [3.63, 3.8) is 0 Å². The second-order valence-corrected chi connectivity index (χ2v) is 8.43. The van der Waals surface area contributed by atoms with Crippen LogP contribution < -0.4 is 9.46 Å². The number of carbonyl (C=O) groups excluding carboxylic acids is 1. The molecule has 8 heteroatoms. The Hall–Kier alpha value is -1.12. The molecule has 0 bridgehead atoms. The van der Waals surface area contributed by atoms with E-state index >= 15 is 0 Å². The molecule has 2 rings (SSSR count). The number of nitrogens with one attached hydrogen (secondary N) is 1. The maximum absolute atomic E-state index is 12.8. The lowest BCUT2D eigenvalue weighted by atomic mass is 9.92. The van der Waals surface area contributed by atoms with Crippen molar-refractivity contribution in [3.05, 3.63) is 22.7 Å². The molecule has 0 spiro atoms. The molecule has 134 valence electrons. The molecule has 0 unspecified atom stereocenters. The quantitative estimate of drug-likeness (QED) is 0.585. The monoisotopic (exact) mass is 419 g/mol. The van der Waals surface area contributed by atoms with E-state index in [9.17, 15) is 13.2 Å². The van der Waals surface area contributed by atoms with Crippen LogP contribution in [0.25, 0.3) is 0 Å². The maximum Gasteiger partial charge on any atom is 0.327 e. The SMILES string of the molecule is COC(=O)C1(NS(=O)(=O)c2ccc(OC)c(Br)c2)CCCCCC1. The molecule has 0 aliphatic heterocycles. The average Bonchev–Trinajstić information content (AvgIpc) is 2.80. The zero-order chi connectivity index (χ0) is 17.8. The number of halogens is 1. The van der Waals surface area contributed by atoms with Crippen molar-refractivity contribution in [3.8, 4) is 5.75 Å². The first-order chi connectivity index (χ1) is 11.3. The summed E-state index contributed by atoms with van der Waals surface area (Å²) in [5, 5.41) is 0. The summed E-state index contributed by atoms with van der Waals surface area (Å²) in [6.45, 7) is 0. The van der Waals surface area contributed by atoms with Gasteiger partial charge < -0.3 is 9.47 Å². The summed E-state index contributed by atoms with van der Waals surface area (Å²) in [6.07, 6.45) is 4.41. The molecule has 0 amide bonds. The molecule has 1 aromatic carbocycles. The van der Waals surface area contributed by atoms with E-state index in [1.807, 2.05) is 0 Å². The van der Waals surface area contributed by atoms with Gasteiger partial charge in [0.2, 0.25) is 10.0 Å². The van der Waals surface area contributed by atoms with Crippen LogP contribution in [-0.4, -0.2) is 34.1 Å². The van der Waals surface area contributed by atoms with Gasteiger partial charge in [-0.3, -0.25) is 4.79 Å². The molecule has 0 radical (unpaired) electrons. The third-order valence-electron chi connectivity index (χ3n) is 4.30. The van der Waals surface area contributed by atoms with Crippen LogP contribution in [0.1, 0.15) is 38.5 Å². The molecule has 1 aliphatic carbocycles. The van der Waals surface area contributed by atoms with Gasteiger partial charge in [-0.05, 0) is 47.0 Å². The maximum atomic E-state index is 12.8. The predicted octanol–water partition coefficient (Wildman–Crippen LogP) is 3.00. The third kappa shape index (κ3) is 4.10. The molecular weight excluding hydrogens is 398 g/mol. The number of esters is 1. The number of hydrogen-bond donors (Lipinski definition) is 1. The number of hydrogen-bond acceptors (Lipinski definition) is 5. The topological polar surface area (TPSA) is 81.7 Å². The Morgan fingerprint density at radius 1 is 1.17 bits per heavy atom. The van der Waals surface area contributed by atoms with Gasteiger partial charge in [0.05, 0.1) is 23.6 Å². The van der Waals surface area contributed by atoms with Crippen molar-refractivity contribution >= 4 is 31.9 Å². The van der Waals surface area contributed by atoms with Crippen LogP contribution >= 0.6 is 15.9 Å². The van der Waals surface area contributed by atoms with Crippen molar-refractivity contribution in [2.45, 2.75) is 49.0 Å². The lowest BCUT2D eigenvalue weighted by Gasteiger charge is -2.30. The number of carbonyl (C=O) groups is 1. The van der Waals surface area contributed by atoms with E-state index < -0.39 is 21.5 Å². The highest BCUT2D eigenvalue weighted by Crippen LogP contribution is 2.32. The minimum absolute atomic E-state index is 0.0719. The van der Waals surface area contributed by atoms with E-state index in [1.54, 1.807) is 6.07 Å². The summed E-state index contributed by atoms with van der Waals surface area (Å²) < 4.78 is 38.8. The minimum Gasteiger partial charge on any atom is -0.496 e. The standard InChI is InChI=1S/C16H22BrNO5S/c1-22-14-8-7-12(11-13(14)17)24(20,21)18-16(15(19)23-2)9-5-3-4-6-10-16/h7-8,11,18H,3-6,9-10H2,1-2H3. The van der Waals surface area contributed by atoms with Gasteiger partial charge in [-0.25, -0.2) is 8.42 Å². The second-order valence-electron chi connectivity index (χ2n) is 5.89. The highest BCUT2D eigenvalue weighted by molar-refractivity contribution is 9.10. The summed E-state index contributed by atoms with van der Waals surface area (Å²) in [6, 6.07) is 4.48. The molecule has 1 fully saturated rings. The first kappa shape index (κ1) is 19.2. The van der Waals surface area contributed by atoms with Crippen molar-refractivity contribution in [1.82, 2.24) is 4.72 Å². The van der Waals surface area contributed by atoms with Crippen molar-refractivity contribution in [2.75, 3.05) is 14.2 Å². The zero-order valence-corrected chi connectivity index (χ0v) is 16.2. The molecule has 24 heavy (non-hydrogen) atoms. The van der Waals surface area contributed by atoms with Crippen LogP contribution in [0.15, 0.2) is 27.6 Å². The number of methoxy groups -OCH3 is 2. The van der Waals surface area contributed by atoms with Gasteiger partial charge in [-0.1, -0.05) is 25.7 Å². The zero-order valence-electron chi connectivity index (χ0n) is 13.8. The van der Waals surface area contributed by atoms with Gasteiger partial charge >= 0.3 is 5.97 Å². The molecule has 0 saturated heterocycles. The summed E-state index contributed by atoms with van der Waals surface area (Å²) in [5.74, 6) is 0.00616. The Balaban J connectivity index is 2.36. The van der Waals surface area contributed by atoms with Crippen molar-refractivity contribution < 1.29 is 22.7 Å². The molecular formula is C16H22BrNO5S. The van der Waals surface area contributed by atoms with E-state index in [0.29, 0.717) is 23.1 Å². The number of rotatable bonds is 5. The van der Waals surface area contributed by atoms with Gasteiger partial charge in [-0.15, -0.1) is 0 Å². The number of benzene rings is 1.